The standard InChI is InChI=1S/C24H26ClN3O4S/c1-14-5-8-18(32-14)23(24(2)12-31-13-24)27-20-19(21(29)22(20)30)26-17-11-15(6-7-16(17)25)33-28-9-3-4-10-28/h5-8,11,23,26-27H,3-4,9-10,12-13H2,1-2H3. The van der Waals surface area contributed by atoms with Gasteiger partial charge in [-0.15, -0.1) is 0 Å². The molecule has 9 heteroatoms. The van der Waals surface area contributed by atoms with E-state index in [9.17, 15) is 9.59 Å². The number of anilines is 3. The van der Waals surface area contributed by atoms with Gasteiger partial charge in [0.1, 0.15) is 22.9 Å². The number of hydrogen-bond donors (Lipinski definition) is 2. The Kier molecular flexibility index (Phi) is 6.03. The summed E-state index contributed by atoms with van der Waals surface area (Å²) >= 11 is 8.10. The summed E-state index contributed by atoms with van der Waals surface area (Å²) < 4.78 is 13.6. The first-order valence-corrected chi connectivity index (χ1v) is 12.2. The molecule has 0 bridgehead atoms. The molecule has 3 heterocycles. The summed E-state index contributed by atoms with van der Waals surface area (Å²) in [6, 6.07) is 9.16. The maximum Gasteiger partial charge on any atom is 0.253 e. The van der Waals surface area contributed by atoms with Crippen molar-refractivity contribution in [2.45, 2.75) is 37.6 Å². The van der Waals surface area contributed by atoms with Gasteiger partial charge in [0.05, 0.1) is 30.0 Å². The van der Waals surface area contributed by atoms with Crippen LogP contribution in [0.15, 0.2) is 49.2 Å². The summed E-state index contributed by atoms with van der Waals surface area (Å²) in [5.74, 6) is 1.49. The molecule has 0 amide bonds. The molecule has 3 aromatic rings. The molecule has 2 N–H and O–H groups in total. The van der Waals surface area contributed by atoms with E-state index < -0.39 is 10.9 Å². The fourth-order valence-corrected chi connectivity index (χ4v) is 5.50. The van der Waals surface area contributed by atoms with Gasteiger partial charge in [0.25, 0.3) is 10.9 Å². The van der Waals surface area contributed by atoms with Crippen molar-refractivity contribution < 1.29 is 9.15 Å². The number of hydrogen-bond acceptors (Lipinski definition) is 8. The van der Waals surface area contributed by atoms with E-state index >= 15 is 0 Å². The quantitative estimate of drug-likeness (QED) is 0.344. The minimum atomic E-state index is -0.560. The molecule has 0 saturated carbocycles. The van der Waals surface area contributed by atoms with Crippen LogP contribution in [0.2, 0.25) is 5.02 Å². The molecule has 5 rings (SSSR count). The average molecular weight is 488 g/mol. The van der Waals surface area contributed by atoms with Gasteiger partial charge in [-0.3, -0.25) is 9.59 Å². The molecule has 7 nitrogen and oxygen atoms in total. The Morgan fingerprint density at radius 3 is 2.45 bits per heavy atom. The number of halogens is 1. The lowest BCUT2D eigenvalue weighted by Crippen LogP contribution is -2.49. The number of benzene rings is 1. The second kappa shape index (κ2) is 8.83. The molecule has 33 heavy (non-hydrogen) atoms. The van der Waals surface area contributed by atoms with Gasteiger partial charge in [-0.1, -0.05) is 18.5 Å². The zero-order valence-corrected chi connectivity index (χ0v) is 20.1. The third-order valence-corrected chi connectivity index (χ3v) is 7.72. The third kappa shape index (κ3) is 4.33. The second-order valence-corrected chi connectivity index (χ2v) is 10.7. The first-order valence-electron chi connectivity index (χ1n) is 11.1. The summed E-state index contributed by atoms with van der Waals surface area (Å²) in [6.45, 7) is 7.12. The smallest absolute Gasteiger partial charge is 0.253 e. The van der Waals surface area contributed by atoms with Crippen molar-refractivity contribution in [2.75, 3.05) is 36.9 Å². The highest BCUT2D eigenvalue weighted by Gasteiger charge is 2.45. The average Bonchev–Trinajstić information content (AvgIpc) is 3.45. The van der Waals surface area contributed by atoms with Crippen LogP contribution in [0, 0.1) is 12.3 Å². The Morgan fingerprint density at radius 2 is 1.82 bits per heavy atom. The normalized spacial score (nSPS) is 18.9. The Bertz CT molecular complexity index is 1240. The van der Waals surface area contributed by atoms with Crippen LogP contribution in [0.25, 0.3) is 0 Å². The fraction of sp³-hybridized carbons (Fsp3) is 0.417. The van der Waals surface area contributed by atoms with Crippen molar-refractivity contribution in [3.05, 3.63) is 67.3 Å². The van der Waals surface area contributed by atoms with Gasteiger partial charge in [0.2, 0.25) is 0 Å². The predicted molar refractivity (Wildman–Crippen MR) is 131 cm³/mol. The molecule has 2 aliphatic rings. The number of aryl methyl sites for hydroxylation is 1. The summed E-state index contributed by atoms with van der Waals surface area (Å²) in [7, 11) is 0. The molecule has 2 aromatic carbocycles. The fourth-order valence-electron chi connectivity index (χ4n) is 4.30. The summed E-state index contributed by atoms with van der Waals surface area (Å²) in [4.78, 5) is 26.1. The van der Waals surface area contributed by atoms with Crippen molar-refractivity contribution in [3.8, 4) is 0 Å². The molecule has 2 saturated heterocycles. The molecule has 0 radical (unpaired) electrons. The highest BCUT2D eigenvalue weighted by atomic mass is 35.5. The Morgan fingerprint density at radius 1 is 1.09 bits per heavy atom. The molecule has 0 spiro atoms. The van der Waals surface area contributed by atoms with Crippen LogP contribution in [0.1, 0.15) is 37.3 Å². The summed E-state index contributed by atoms with van der Waals surface area (Å²) in [5.41, 5.74) is -0.294. The van der Waals surface area contributed by atoms with Crippen LogP contribution in [-0.2, 0) is 4.74 Å². The Labute approximate surface area is 201 Å². The van der Waals surface area contributed by atoms with Crippen LogP contribution < -0.4 is 21.5 Å². The monoisotopic (exact) mass is 487 g/mol. The van der Waals surface area contributed by atoms with E-state index in [2.05, 4.69) is 21.9 Å². The van der Waals surface area contributed by atoms with Crippen molar-refractivity contribution in [1.82, 2.24) is 4.31 Å². The SMILES string of the molecule is Cc1ccc(C(Nc2c(Nc3cc(SN4CCCC4)ccc3Cl)c(=O)c2=O)C2(C)COC2)o1. The van der Waals surface area contributed by atoms with Gasteiger partial charge < -0.3 is 19.8 Å². The van der Waals surface area contributed by atoms with E-state index in [0.29, 0.717) is 29.7 Å². The van der Waals surface area contributed by atoms with Gasteiger partial charge >= 0.3 is 0 Å². The number of nitrogens with one attached hydrogen (secondary N) is 2. The molecule has 1 atom stereocenters. The van der Waals surface area contributed by atoms with Gasteiger partial charge in [-0.05, 0) is 62.0 Å². The van der Waals surface area contributed by atoms with Crippen LogP contribution in [-0.4, -0.2) is 30.6 Å². The zero-order chi connectivity index (χ0) is 23.2. The van der Waals surface area contributed by atoms with Gasteiger partial charge in [-0.2, -0.15) is 0 Å². The second-order valence-electron chi connectivity index (χ2n) is 9.07. The Balaban J connectivity index is 1.41. The molecule has 1 aromatic heterocycles. The van der Waals surface area contributed by atoms with E-state index in [1.54, 1.807) is 11.9 Å². The first-order chi connectivity index (χ1) is 15.8. The molecular weight excluding hydrogens is 462 g/mol. The minimum absolute atomic E-state index is 0.224. The van der Waals surface area contributed by atoms with Crippen LogP contribution in [0.3, 0.4) is 0 Å². The molecule has 1 unspecified atom stereocenters. The molecule has 2 aliphatic heterocycles. The van der Waals surface area contributed by atoms with E-state index in [-0.39, 0.29) is 22.8 Å². The minimum Gasteiger partial charge on any atom is -0.464 e. The Hall–Kier alpha value is -2.26. The van der Waals surface area contributed by atoms with E-state index in [4.69, 9.17) is 20.8 Å². The van der Waals surface area contributed by atoms with E-state index in [1.165, 1.54) is 12.8 Å². The molecular formula is C24H26ClN3O4S. The largest absolute Gasteiger partial charge is 0.464 e. The topological polar surface area (TPSA) is 83.8 Å². The lowest BCUT2D eigenvalue weighted by Gasteiger charge is -2.44. The molecule has 2 fully saturated rings. The lowest BCUT2D eigenvalue weighted by atomic mass is 9.79. The molecule has 0 aliphatic carbocycles. The number of ether oxygens (including phenoxy) is 1. The molecule has 174 valence electrons. The zero-order valence-electron chi connectivity index (χ0n) is 18.6. The van der Waals surface area contributed by atoms with E-state index in [1.807, 2.05) is 37.3 Å². The predicted octanol–water partition coefficient (Wildman–Crippen LogP) is 4.87. The lowest BCUT2D eigenvalue weighted by molar-refractivity contribution is -0.115. The van der Waals surface area contributed by atoms with Gasteiger partial charge in [0.15, 0.2) is 0 Å². The highest BCUT2D eigenvalue weighted by molar-refractivity contribution is 7.97. The van der Waals surface area contributed by atoms with Gasteiger partial charge in [-0.25, -0.2) is 4.31 Å². The van der Waals surface area contributed by atoms with Crippen molar-refractivity contribution in [1.29, 1.82) is 0 Å². The maximum atomic E-state index is 12.5. The maximum absolute atomic E-state index is 12.5. The van der Waals surface area contributed by atoms with Gasteiger partial charge in [0, 0.05) is 23.4 Å². The number of rotatable bonds is 8. The van der Waals surface area contributed by atoms with Crippen molar-refractivity contribution in [3.63, 3.8) is 0 Å². The third-order valence-electron chi connectivity index (χ3n) is 6.30. The number of furan rings is 1. The van der Waals surface area contributed by atoms with Crippen LogP contribution >= 0.6 is 23.5 Å². The number of nitrogens with zero attached hydrogens (tertiary/aromatic N) is 1. The highest BCUT2D eigenvalue weighted by Crippen LogP contribution is 2.43. The first kappa shape index (κ1) is 22.5. The van der Waals surface area contributed by atoms with Crippen molar-refractivity contribution in [2.24, 2.45) is 5.41 Å². The summed E-state index contributed by atoms with van der Waals surface area (Å²) in [5, 5.41) is 6.88. The van der Waals surface area contributed by atoms with Crippen LogP contribution in [0.5, 0.6) is 0 Å². The summed E-state index contributed by atoms with van der Waals surface area (Å²) in [6.07, 6.45) is 2.40. The van der Waals surface area contributed by atoms with Crippen molar-refractivity contribution >= 4 is 40.6 Å². The van der Waals surface area contributed by atoms with Crippen LogP contribution in [0.4, 0.5) is 17.1 Å². The van der Waals surface area contributed by atoms with E-state index in [0.717, 1.165) is 23.7 Å².